The van der Waals surface area contributed by atoms with Crippen LogP contribution in [0.1, 0.15) is 86.8 Å². The van der Waals surface area contributed by atoms with Crippen LogP contribution in [0.25, 0.3) is 116 Å². The molecule has 0 spiro atoms. The molecule has 0 saturated carbocycles. The van der Waals surface area contributed by atoms with E-state index in [9.17, 15) is 0 Å². The van der Waals surface area contributed by atoms with Crippen molar-refractivity contribution in [2.24, 2.45) is 7.05 Å². The molecule has 7 heteroatoms. The van der Waals surface area contributed by atoms with Gasteiger partial charge in [-0.2, -0.15) is 0 Å². The zero-order chi connectivity index (χ0) is 52.8. The van der Waals surface area contributed by atoms with Gasteiger partial charge in [0.15, 0.2) is 0 Å². The number of aryl methyl sites for hydroxylation is 2. The van der Waals surface area contributed by atoms with E-state index in [1.165, 1.54) is 77.5 Å². The maximum Gasteiger partial charge on any atom is 0.121 e. The fourth-order valence-electron chi connectivity index (χ4n) is 10.8. The summed E-state index contributed by atoms with van der Waals surface area (Å²) >= 11 is 0. The van der Waals surface area contributed by atoms with E-state index in [0.717, 1.165) is 49.9 Å². The van der Waals surface area contributed by atoms with Gasteiger partial charge in [-0.05, 0) is 117 Å². The normalized spacial score (nSPS) is 12.8. The van der Waals surface area contributed by atoms with Gasteiger partial charge in [0.2, 0.25) is 0 Å². The van der Waals surface area contributed by atoms with Crippen molar-refractivity contribution in [1.29, 1.82) is 0 Å². The number of aromatic nitrogens is 5. The van der Waals surface area contributed by atoms with Gasteiger partial charge in [0.1, 0.15) is 5.58 Å². The summed E-state index contributed by atoms with van der Waals surface area (Å²) < 4.78 is 34.4. The van der Waals surface area contributed by atoms with Crippen LogP contribution >= 0.6 is 0 Å². The number of imidazole rings is 1. The molecule has 0 bridgehead atoms. The van der Waals surface area contributed by atoms with Gasteiger partial charge in [0, 0.05) is 81.5 Å². The average Bonchev–Trinajstić information content (AvgIpc) is 4.33. The van der Waals surface area contributed by atoms with E-state index >= 15 is 0 Å². The molecule has 0 fully saturated rings. The Balaban J connectivity index is 0.000000255. The van der Waals surface area contributed by atoms with Crippen molar-refractivity contribution < 1.29 is 28.6 Å². The van der Waals surface area contributed by atoms with Gasteiger partial charge >= 0.3 is 0 Å². The van der Waals surface area contributed by atoms with E-state index < -0.39 is 6.85 Å². The largest absolute Gasteiger partial charge is 0.501 e. The summed E-state index contributed by atoms with van der Waals surface area (Å²) in [6.45, 7) is 12.9. The van der Waals surface area contributed by atoms with Crippen LogP contribution in [0.4, 0.5) is 0 Å². The molecule has 13 rings (SSSR count). The summed E-state index contributed by atoms with van der Waals surface area (Å²) in [5.41, 5.74) is 14.4. The fraction of sp³-hybridized carbons (Fsp3) is 0.179. The van der Waals surface area contributed by atoms with Crippen molar-refractivity contribution in [2.75, 3.05) is 0 Å². The van der Waals surface area contributed by atoms with Crippen LogP contribution < -0.4 is 0 Å². The number of nitrogens with zero attached hydrogens (tertiary/aromatic N) is 5. The van der Waals surface area contributed by atoms with Crippen LogP contribution in [0, 0.1) is 19.0 Å². The molecule has 367 valence electrons. The molecule has 0 aliphatic carbocycles. The summed E-state index contributed by atoms with van der Waals surface area (Å²) in [5, 5.41) is 9.56. The average molecular weight is 1140 g/mol. The number of furan rings is 1. The molecule has 4 aromatic heterocycles. The maximum atomic E-state index is 7.61. The Bertz CT molecular complexity index is 4380. The number of benzene rings is 9. The number of para-hydroxylation sites is 3. The Morgan fingerprint density at radius 2 is 1.30 bits per heavy atom. The van der Waals surface area contributed by atoms with Gasteiger partial charge in [0.05, 0.1) is 28.3 Å². The molecule has 0 aliphatic rings. The monoisotopic (exact) mass is 1140 g/mol. The second-order valence-corrected chi connectivity index (χ2v) is 20.9. The standard InChI is InChI=1S/C52H40N3O.C15H17N2.Ir/c1-30(2)41-26-35(33-23-24-38-37-15-8-10-19-46(37)54(5)48(38)28-33)27-42(31(3)4)50(41)55-47-20-11-9-18-45(47)53-52(55)40-17-12-16-39-44-25-34-22-21-32-13-6-7-14-36(32)43(34)29-49(44)56-51(39)40;1-11-10-16-14(12-8-6-5-7-9-12)17-13(11)15(2,3)4;/h6-16,18-31H,1-5H3;5-8,10H,1-4H3;/q2*-1;/i;1D3;. The summed E-state index contributed by atoms with van der Waals surface area (Å²) in [6.07, 6.45) is 1.41. The third-order valence-electron chi connectivity index (χ3n) is 14.4. The van der Waals surface area contributed by atoms with Gasteiger partial charge < -0.3 is 13.6 Å². The zero-order valence-electron chi connectivity index (χ0n) is 45.8. The first-order valence-corrected chi connectivity index (χ1v) is 25.2. The van der Waals surface area contributed by atoms with Crippen LogP contribution in [-0.4, -0.2) is 24.1 Å². The predicted molar refractivity (Wildman–Crippen MR) is 305 cm³/mol. The molecule has 0 aliphatic heterocycles. The van der Waals surface area contributed by atoms with Gasteiger partial charge in [-0.25, -0.2) is 0 Å². The number of fused-ring (bicyclic) bond motifs is 10. The molecule has 74 heavy (non-hydrogen) atoms. The topological polar surface area (TPSA) is 61.7 Å². The smallest absolute Gasteiger partial charge is 0.121 e. The third-order valence-corrected chi connectivity index (χ3v) is 14.4. The van der Waals surface area contributed by atoms with E-state index in [-0.39, 0.29) is 42.9 Å². The second kappa shape index (κ2) is 19.0. The first-order chi connectivity index (χ1) is 36.5. The van der Waals surface area contributed by atoms with E-state index in [4.69, 9.17) is 13.5 Å². The molecule has 1 radical (unpaired) electrons. The molecule has 13 aromatic rings. The summed E-state index contributed by atoms with van der Waals surface area (Å²) in [4.78, 5) is 14.1. The van der Waals surface area contributed by atoms with Crippen molar-refractivity contribution in [1.82, 2.24) is 24.1 Å². The molecule has 0 unspecified atom stereocenters. The molecule has 9 aromatic carbocycles. The number of hydrogen-bond donors (Lipinski definition) is 0. The second-order valence-electron chi connectivity index (χ2n) is 20.9. The van der Waals surface area contributed by atoms with Crippen LogP contribution in [0.3, 0.4) is 0 Å². The Morgan fingerprint density at radius 3 is 2.04 bits per heavy atom. The number of hydrogen-bond acceptors (Lipinski definition) is 4. The third kappa shape index (κ3) is 8.29. The van der Waals surface area contributed by atoms with Gasteiger partial charge in [-0.1, -0.05) is 138 Å². The SMILES string of the molecule is CC(C)c1cc(-c2ccc3c4ccccc4n(C)c3c2)cc(C(C)C)c1-n1c(-c2[c-]ccc3c2oc2cc4c(ccc5ccccc54)cc23)nc2ccccc21.[2H]C([2H])([2H])c1cnc(-c2[c-]cccc2)nc1C(C)(C)C.[Ir]. The van der Waals surface area contributed by atoms with Gasteiger partial charge in [0.25, 0.3) is 0 Å². The molecule has 4 heterocycles. The molecular formula is C67H57IrN5O-2. The van der Waals surface area contributed by atoms with E-state index in [1.807, 2.05) is 45.0 Å². The van der Waals surface area contributed by atoms with Crippen LogP contribution in [0.2, 0.25) is 0 Å². The predicted octanol–water partition coefficient (Wildman–Crippen LogP) is 17.8. The quantitative estimate of drug-likeness (QED) is 0.123. The zero-order valence-corrected chi connectivity index (χ0v) is 45.2. The molecule has 6 nitrogen and oxygen atoms in total. The minimum Gasteiger partial charge on any atom is -0.501 e. The molecule has 0 saturated heterocycles. The maximum absolute atomic E-state index is 7.61. The Kier molecular flexibility index (Phi) is 11.5. The van der Waals surface area contributed by atoms with Crippen molar-refractivity contribution in [3.63, 3.8) is 0 Å². The van der Waals surface area contributed by atoms with Crippen molar-refractivity contribution in [3.05, 3.63) is 205 Å². The molecule has 0 atom stereocenters. The molecular weight excluding hydrogens is 1080 g/mol. The van der Waals surface area contributed by atoms with Crippen molar-refractivity contribution >= 4 is 76.3 Å². The minimum atomic E-state index is -2.21. The van der Waals surface area contributed by atoms with Crippen LogP contribution in [0.15, 0.2) is 174 Å². The minimum absolute atomic E-state index is 0. The van der Waals surface area contributed by atoms with E-state index in [0.29, 0.717) is 11.5 Å². The Labute approximate surface area is 450 Å². The Morgan fingerprint density at radius 1 is 0.595 bits per heavy atom. The first kappa shape index (κ1) is 45.0. The van der Waals surface area contributed by atoms with Gasteiger partial charge in [-0.15, -0.1) is 54.1 Å². The van der Waals surface area contributed by atoms with E-state index in [1.54, 1.807) is 6.07 Å². The van der Waals surface area contributed by atoms with Crippen LogP contribution in [0.5, 0.6) is 0 Å². The van der Waals surface area contributed by atoms with Crippen molar-refractivity contribution in [2.45, 2.75) is 72.6 Å². The molecule has 0 N–H and O–H groups in total. The first-order valence-electron chi connectivity index (χ1n) is 26.7. The van der Waals surface area contributed by atoms with Crippen molar-refractivity contribution in [3.8, 4) is 39.6 Å². The van der Waals surface area contributed by atoms with E-state index in [2.05, 4.69) is 199 Å². The Hall–Kier alpha value is -7.70. The van der Waals surface area contributed by atoms with Gasteiger partial charge in [-0.3, -0.25) is 15.0 Å². The summed E-state index contributed by atoms with van der Waals surface area (Å²) in [7, 11) is 2.17. The van der Waals surface area contributed by atoms with Crippen LogP contribution in [-0.2, 0) is 32.6 Å². The summed E-state index contributed by atoms with van der Waals surface area (Å²) in [6, 6.07) is 64.6. The number of rotatable bonds is 6. The molecule has 0 amide bonds. The fourth-order valence-corrected chi connectivity index (χ4v) is 10.8. The summed E-state index contributed by atoms with van der Waals surface area (Å²) in [5.74, 6) is 1.82.